The molecule has 2 aliphatic rings. The van der Waals surface area contributed by atoms with Crippen LogP contribution in [0.25, 0.3) is 5.57 Å². The van der Waals surface area contributed by atoms with Crippen molar-refractivity contribution in [1.82, 2.24) is 0 Å². The summed E-state index contributed by atoms with van der Waals surface area (Å²) in [6, 6.07) is 1.98. The summed E-state index contributed by atoms with van der Waals surface area (Å²) in [5.41, 5.74) is 1.80. The van der Waals surface area contributed by atoms with E-state index in [0.717, 1.165) is 68.1 Å². The van der Waals surface area contributed by atoms with Gasteiger partial charge < -0.3 is 14.8 Å². The maximum absolute atomic E-state index is 11.8. The molecule has 0 unspecified atom stereocenters. The van der Waals surface area contributed by atoms with Crippen LogP contribution in [0.15, 0.2) is 12.1 Å². The van der Waals surface area contributed by atoms with Crippen molar-refractivity contribution in [2.24, 2.45) is 11.8 Å². The fourth-order valence-electron chi connectivity index (χ4n) is 4.80. The third kappa shape index (κ3) is 9.36. The second kappa shape index (κ2) is 16.6. The van der Waals surface area contributed by atoms with E-state index in [1.807, 2.05) is 12.9 Å². The summed E-state index contributed by atoms with van der Waals surface area (Å²) in [5.74, 6) is 1.09. The number of carboxylic acid groups (broad SMARTS) is 1. The Bertz CT molecular complexity index is 748. The average molecular weight is 492 g/mol. The van der Waals surface area contributed by atoms with Gasteiger partial charge in [0.05, 0.1) is 5.69 Å². The Kier molecular flexibility index (Phi) is 14.7. The molecule has 0 aromatic carbocycles. The number of amides is 1. The summed E-state index contributed by atoms with van der Waals surface area (Å²) in [7, 11) is 0. The molecule has 6 heteroatoms. The first-order chi connectivity index (χ1) is 16.4. The van der Waals surface area contributed by atoms with Crippen LogP contribution in [0, 0.1) is 11.8 Å². The Hall–Kier alpha value is -1.95. The largest absolute Gasteiger partial charge is 0.477 e. The van der Waals surface area contributed by atoms with Gasteiger partial charge in [0.25, 0.3) is 0 Å². The zero-order valence-corrected chi connectivity index (χ0v) is 22.5. The average Bonchev–Trinajstić information content (AvgIpc) is 3.30. The van der Waals surface area contributed by atoms with Gasteiger partial charge in [0.1, 0.15) is 11.7 Å². The summed E-state index contributed by atoms with van der Waals surface area (Å²) in [6.45, 7) is 10.9. The molecule has 1 aromatic rings. The summed E-state index contributed by atoms with van der Waals surface area (Å²) in [5, 5.41) is 9.61. The normalized spacial score (nSPS) is 19.7. The molecule has 0 bridgehead atoms. The molecule has 34 heavy (non-hydrogen) atoms. The topological polar surface area (TPSA) is 74.7 Å². The fourth-order valence-corrected chi connectivity index (χ4v) is 5.87. The highest BCUT2D eigenvalue weighted by molar-refractivity contribution is 7.15. The lowest BCUT2D eigenvalue weighted by Crippen LogP contribution is -2.34. The van der Waals surface area contributed by atoms with Gasteiger partial charge in [0.15, 0.2) is 0 Å². The minimum atomic E-state index is -0.948. The van der Waals surface area contributed by atoms with Crippen molar-refractivity contribution in [2.45, 2.75) is 111 Å². The fraction of sp³-hybridized carbons (Fsp3) is 0.679. The Morgan fingerprint density at radius 3 is 2.09 bits per heavy atom. The number of carbonyl (C=O) groups is 3. The first kappa shape index (κ1) is 30.1. The van der Waals surface area contributed by atoms with Gasteiger partial charge in [0.2, 0.25) is 6.41 Å². The zero-order valence-electron chi connectivity index (χ0n) is 21.7. The van der Waals surface area contributed by atoms with E-state index in [1.165, 1.54) is 49.0 Å². The smallest absolute Gasteiger partial charge is 0.348 e. The molecule has 0 saturated heterocycles. The van der Waals surface area contributed by atoms with E-state index in [-0.39, 0.29) is 10.9 Å². The molecule has 1 amide bonds. The molecule has 5 nitrogen and oxygen atoms in total. The van der Waals surface area contributed by atoms with E-state index in [9.17, 15) is 14.7 Å². The number of carboxylic acids is 1. The van der Waals surface area contributed by atoms with Crippen molar-refractivity contribution in [1.29, 1.82) is 0 Å². The molecule has 1 aromatic heterocycles. The van der Waals surface area contributed by atoms with Gasteiger partial charge in [-0.3, -0.25) is 4.79 Å². The molecular formula is C28H45NO4S. The lowest BCUT2D eigenvalue weighted by molar-refractivity contribution is -0.108. The van der Waals surface area contributed by atoms with Crippen LogP contribution in [0.3, 0.4) is 0 Å². The molecule has 1 fully saturated rings. The van der Waals surface area contributed by atoms with Crippen LogP contribution in [-0.4, -0.2) is 30.3 Å². The maximum Gasteiger partial charge on any atom is 0.348 e. The predicted molar refractivity (Wildman–Crippen MR) is 144 cm³/mol. The van der Waals surface area contributed by atoms with Gasteiger partial charge in [-0.1, -0.05) is 72.3 Å². The number of rotatable bonds is 9. The second-order valence-corrected chi connectivity index (χ2v) is 10.8. The third-order valence-corrected chi connectivity index (χ3v) is 8.04. The Labute approximate surface area is 210 Å². The van der Waals surface area contributed by atoms with Crippen molar-refractivity contribution >= 4 is 41.8 Å². The Morgan fingerprint density at radius 2 is 1.68 bits per heavy atom. The van der Waals surface area contributed by atoms with E-state index in [4.69, 9.17) is 4.79 Å². The number of anilines is 1. The van der Waals surface area contributed by atoms with E-state index < -0.39 is 5.97 Å². The maximum atomic E-state index is 11.8. The Balaban J connectivity index is 0.000000483. The number of thiophene rings is 1. The van der Waals surface area contributed by atoms with Gasteiger partial charge >= 0.3 is 5.97 Å². The summed E-state index contributed by atoms with van der Waals surface area (Å²) in [6.07, 6.45) is 17.0. The minimum Gasteiger partial charge on any atom is -0.477 e. The van der Waals surface area contributed by atoms with Crippen molar-refractivity contribution in [2.75, 3.05) is 4.90 Å². The standard InChI is InChI=1S/C19H27NO3S.C8H16.CH2O/c1-3-8-15(9-4-2)20(13-21)16-12-17(24-18(16)19(22)23)14-10-6-5-7-11-14;1-7-3-5-8(2)6-4-7;1-2/h10,12-13,15H,3-9,11H2,1-2H3,(H,22,23);7-8H,3-6H2,1-2H3;1H2. The second-order valence-electron chi connectivity index (χ2n) is 9.71. The van der Waals surface area contributed by atoms with Crippen LogP contribution in [-0.2, 0) is 9.59 Å². The number of hydrogen-bond acceptors (Lipinski definition) is 4. The molecule has 1 N–H and O–H groups in total. The van der Waals surface area contributed by atoms with Gasteiger partial charge in [-0.25, -0.2) is 4.79 Å². The Morgan fingerprint density at radius 1 is 1.12 bits per heavy atom. The van der Waals surface area contributed by atoms with Crippen LogP contribution in [0.4, 0.5) is 5.69 Å². The number of carbonyl (C=O) groups excluding carboxylic acids is 2. The number of hydrogen-bond donors (Lipinski definition) is 1. The first-order valence-corrected chi connectivity index (χ1v) is 13.8. The van der Waals surface area contributed by atoms with Crippen LogP contribution < -0.4 is 4.90 Å². The number of nitrogens with zero attached hydrogens (tertiary/aromatic N) is 1. The molecule has 0 spiro atoms. The van der Waals surface area contributed by atoms with Gasteiger partial charge in [0, 0.05) is 10.9 Å². The third-order valence-electron chi connectivity index (χ3n) is 6.85. The number of aromatic carboxylic acids is 1. The molecule has 0 atom stereocenters. The van der Waals surface area contributed by atoms with E-state index in [1.54, 1.807) is 4.90 Å². The molecular weight excluding hydrogens is 446 g/mol. The van der Waals surface area contributed by atoms with E-state index >= 15 is 0 Å². The lowest BCUT2D eigenvalue weighted by Gasteiger charge is -2.27. The van der Waals surface area contributed by atoms with Crippen LogP contribution in [0.2, 0.25) is 0 Å². The first-order valence-electron chi connectivity index (χ1n) is 13.0. The van der Waals surface area contributed by atoms with Gasteiger partial charge in [-0.05, 0) is 62.0 Å². The monoisotopic (exact) mass is 491 g/mol. The predicted octanol–water partition coefficient (Wildman–Crippen LogP) is 7.98. The van der Waals surface area contributed by atoms with Crippen LogP contribution >= 0.6 is 11.3 Å². The molecule has 1 saturated carbocycles. The van der Waals surface area contributed by atoms with Gasteiger partial charge in [-0.2, -0.15) is 0 Å². The lowest BCUT2D eigenvalue weighted by atomic mass is 9.84. The zero-order chi connectivity index (χ0) is 25.5. The van der Waals surface area contributed by atoms with Crippen molar-refractivity contribution in [3.05, 3.63) is 21.9 Å². The highest BCUT2D eigenvalue weighted by atomic mass is 32.1. The van der Waals surface area contributed by atoms with Crippen LogP contribution in [0.1, 0.15) is 119 Å². The van der Waals surface area contributed by atoms with Gasteiger partial charge in [-0.15, -0.1) is 11.3 Å². The van der Waals surface area contributed by atoms with Crippen LogP contribution in [0.5, 0.6) is 0 Å². The molecule has 2 aliphatic carbocycles. The van der Waals surface area contributed by atoms with E-state index in [2.05, 4.69) is 33.8 Å². The van der Waals surface area contributed by atoms with Crippen molar-refractivity contribution < 1.29 is 19.5 Å². The van der Waals surface area contributed by atoms with Crippen molar-refractivity contribution in [3.8, 4) is 0 Å². The summed E-state index contributed by atoms with van der Waals surface area (Å²) >= 11 is 1.30. The highest BCUT2D eigenvalue weighted by Crippen LogP contribution is 2.39. The molecule has 1 heterocycles. The van der Waals surface area contributed by atoms with E-state index in [0.29, 0.717) is 5.69 Å². The van der Waals surface area contributed by atoms with Crippen molar-refractivity contribution in [3.63, 3.8) is 0 Å². The molecule has 0 radical (unpaired) electrons. The highest BCUT2D eigenvalue weighted by Gasteiger charge is 2.26. The summed E-state index contributed by atoms with van der Waals surface area (Å²) < 4.78 is 0. The molecule has 192 valence electrons. The SMILES string of the molecule is C=O.CC1CCC(C)CC1.CCCC(CCC)N(C=O)c1cc(C2=CCCCC2)sc1C(=O)O. The quantitative estimate of drug-likeness (QED) is 0.355. The summed E-state index contributed by atoms with van der Waals surface area (Å²) in [4.78, 5) is 34.4. The molecule has 0 aliphatic heterocycles. The minimum absolute atomic E-state index is 0.0679. The molecule has 3 rings (SSSR count). The number of allylic oxidation sites excluding steroid dienone is 2.